The smallest absolute Gasteiger partial charge is 0.268 e. The lowest BCUT2D eigenvalue weighted by atomic mass is 10.2. The molecule has 2 aromatic rings. The van der Waals surface area contributed by atoms with Crippen LogP contribution in [0, 0.1) is 0 Å². The predicted octanol–water partition coefficient (Wildman–Crippen LogP) is 2.39. The molecular formula is C18H16N4O2S. The largest absolute Gasteiger partial charge is 0.304 e. The summed E-state index contributed by atoms with van der Waals surface area (Å²) in [5, 5.41) is 8.33. The second-order valence-electron chi connectivity index (χ2n) is 5.74. The number of rotatable bonds is 3. The highest BCUT2D eigenvalue weighted by molar-refractivity contribution is 8.02. The second-order valence-corrected chi connectivity index (χ2v) is 6.89. The topological polar surface area (TPSA) is 65.0 Å². The van der Waals surface area contributed by atoms with Gasteiger partial charge in [0, 0.05) is 12.6 Å². The number of Topliss-reactive ketones (excluding diaryl/α,β-unsaturated/α-hetero) is 1. The van der Waals surface area contributed by atoms with Gasteiger partial charge in [-0.25, -0.2) is 5.01 Å². The average Bonchev–Trinajstić information content (AvgIpc) is 3.17. The quantitative estimate of drug-likeness (QED) is 0.919. The van der Waals surface area contributed by atoms with Gasteiger partial charge < -0.3 is 5.32 Å². The number of amidine groups is 1. The van der Waals surface area contributed by atoms with Gasteiger partial charge in [-0.15, -0.1) is 5.10 Å². The number of nitrogens with zero attached hydrogens (tertiary/aromatic N) is 3. The van der Waals surface area contributed by atoms with Gasteiger partial charge in [-0.3, -0.25) is 14.5 Å². The van der Waals surface area contributed by atoms with Crippen LogP contribution in [-0.4, -0.2) is 28.4 Å². The van der Waals surface area contributed by atoms with E-state index in [1.807, 2.05) is 60.7 Å². The summed E-state index contributed by atoms with van der Waals surface area (Å²) in [6.45, 7) is 1.48. The summed E-state index contributed by atoms with van der Waals surface area (Å²) in [5.74, 6) is 0.341. The molecule has 2 aliphatic heterocycles. The molecule has 0 radical (unpaired) electrons. The van der Waals surface area contributed by atoms with Gasteiger partial charge in [-0.1, -0.05) is 48.2 Å². The highest BCUT2D eigenvalue weighted by Gasteiger charge is 2.56. The standard InChI is InChI=1S/C18H16N4O2S/c1-13(23)17-20-22(15-10-6-3-7-11-15)18(19-16(24)12-25-18)21(17)14-8-4-2-5-9-14/h2-11H,12H2,1H3,(H,19,24). The highest BCUT2D eigenvalue weighted by atomic mass is 32.2. The Morgan fingerprint density at radius 3 is 2.20 bits per heavy atom. The Morgan fingerprint density at radius 2 is 1.68 bits per heavy atom. The Morgan fingerprint density at radius 1 is 1.08 bits per heavy atom. The predicted molar refractivity (Wildman–Crippen MR) is 99.3 cm³/mol. The van der Waals surface area contributed by atoms with Crippen LogP contribution in [0.2, 0.25) is 0 Å². The minimum atomic E-state index is -0.985. The lowest BCUT2D eigenvalue weighted by Crippen LogP contribution is -2.62. The van der Waals surface area contributed by atoms with Gasteiger partial charge in [0.15, 0.2) is 5.78 Å². The van der Waals surface area contributed by atoms with E-state index in [2.05, 4.69) is 10.4 Å². The fourth-order valence-corrected chi connectivity index (χ4v) is 4.18. The van der Waals surface area contributed by atoms with Crippen LogP contribution in [0.3, 0.4) is 0 Å². The Balaban J connectivity index is 1.90. The molecule has 0 aromatic heterocycles. The monoisotopic (exact) mass is 352 g/mol. The van der Waals surface area contributed by atoms with Crippen LogP contribution in [0.4, 0.5) is 11.4 Å². The van der Waals surface area contributed by atoms with Gasteiger partial charge in [-0.05, 0) is 24.3 Å². The molecular weight excluding hydrogens is 336 g/mol. The molecule has 1 unspecified atom stereocenters. The molecule has 0 bridgehead atoms. The normalized spacial score (nSPS) is 22.3. The molecule has 1 saturated heterocycles. The summed E-state index contributed by atoms with van der Waals surface area (Å²) in [5.41, 5.74) is 1.60. The zero-order valence-electron chi connectivity index (χ0n) is 13.5. The number of thioether (sulfide) groups is 1. The zero-order chi connectivity index (χ0) is 17.4. The third kappa shape index (κ3) is 2.47. The first kappa shape index (κ1) is 15.7. The number of hydrogen-bond donors (Lipinski definition) is 1. The van der Waals surface area contributed by atoms with Gasteiger partial charge in [0.2, 0.25) is 11.7 Å². The number of hydrazone groups is 1. The number of ketones is 1. The van der Waals surface area contributed by atoms with Crippen molar-refractivity contribution in [1.82, 2.24) is 5.32 Å². The molecule has 0 aliphatic carbocycles. The van der Waals surface area contributed by atoms with Crippen LogP contribution in [-0.2, 0) is 9.59 Å². The molecule has 1 spiro atoms. The van der Waals surface area contributed by atoms with E-state index >= 15 is 0 Å². The van der Waals surface area contributed by atoms with Gasteiger partial charge in [0.25, 0.3) is 5.12 Å². The summed E-state index contributed by atoms with van der Waals surface area (Å²) >= 11 is 1.41. The number of nitrogens with one attached hydrogen (secondary N) is 1. The van der Waals surface area contributed by atoms with Gasteiger partial charge in [0.05, 0.1) is 11.4 Å². The minimum absolute atomic E-state index is 0.0909. The van der Waals surface area contributed by atoms with E-state index in [0.717, 1.165) is 11.4 Å². The maximum Gasteiger partial charge on any atom is 0.268 e. The Kier molecular flexibility index (Phi) is 3.73. The molecule has 1 N–H and O–H groups in total. The third-order valence-electron chi connectivity index (χ3n) is 4.03. The SMILES string of the molecule is CC(=O)C1=NN(c2ccccc2)C2(NC(=O)CS2)N1c1ccccc1. The molecule has 2 aliphatic rings. The lowest BCUT2D eigenvalue weighted by Gasteiger charge is -2.39. The van der Waals surface area contributed by atoms with Gasteiger partial charge in [-0.2, -0.15) is 0 Å². The molecule has 1 amide bonds. The van der Waals surface area contributed by atoms with E-state index < -0.39 is 5.12 Å². The van der Waals surface area contributed by atoms with E-state index in [9.17, 15) is 9.59 Å². The minimum Gasteiger partial charge on any atom is -0.304 e. The number of carbonyl (C=O) groups is 2. The van der Waals surface area contributed by atoms with Crippen molar-refractivity contribution in [2.75, 3.05) is 15.7 Å². The van der Waals surface area contributed by atoms with Crippen molar-refractivity contribution in [3.05, 3.63) is 60.7 Å². The first-order valence-electron chi connectivity index (χ1n) is 7.87. The van der Waals surface area contributed by atoms with Crippen LogP contribution < -0.4 is 15.2 Å². The number of anilines is 2. The fraction of sp³-hybridized carbons (Fsp3) is 0.167. The molecule has 0 saturated carbocycles. The molecule has 6 nitrogen and oxygen atoms in total. The van der Waals surface area contributed by atoms with Crippen LogP contribution >= 0.6 is 11.8 Å². The van der Waals surface area contributed by atoms with E-state index in [1.165, 1.54) is 18.7 Å². The highest BCUT2D eigenvalue weighted by Crippen LogP contribution is 2.44. The number of hydrogen-bond acceptors (Lipinski definition) is 6. The molecule has 2 heterocycles. The van der Waals surface area contributed by atoms with E-state index in [-0.39, 0.29) is 11.7 Å². The number of amides is 1. The first-order chi connectivity index (χ1) is 12.1. The third-order valence-corrected chi connectivity index (χ3v) is 5.30. The van der Waals surface area contributed by atoms with Crippen LogP contribution in [0.5, 0.6) is 0 Å². The van der Waals surface area contributed by atoms with Gasteiger partial charge in [0.1, 0.15) is 0 Å². The molecule has 126 valence electrons. The van der Waals surface area contributed by atoms with Crippen molar-refractivity contribution in [2.45, 2.75) is 12.0 Å². The van der Waals surface area contributed by atoms with Crippen molar-refractivity contribution in [3.8, 4) is 0 Å². The van der Waals surface area contributed by atoms with Crippen molar-refractivity contribution in [3.63, 3.8) is 0 Å². The number of carbonyl (C=O) groups excluding carboxylic acids is 2. The zero-order valence-corrected chi connectivity index (χ0v) is 14.4. The maximum atomic E-state index is 12.3. The summed E-state index contributed by atoms with van der Waals surface area (Å²) < 4.78 is 0. The fourth-order valence-electron chi connectivity index (χ4n) is 3.00. The van der Waals surface area contributed by atoms with E-state index in [1.54, 1.807) is 9.91 Å². The average molecular weight is 352 g/mol. The Hall–Kier alpha value is -2.80. The summed E-state index contributed by atoms with van der Waals surface area (Å²) in [4.78, 5) is 26.2. The van der Waals surface area contributed by atoms with Crippen LogP contribution in [0.1, 0.15) is 6.92 Å². The molecule has 2 aromatic carbocycles. The number of para-hydroxylation sites is 2. The number of benzene rings is 2. The molecule has 7 heteroatoms. The van der Waals surface area contributed by atoms with E-state index in [4.69, 9.17) is 0 Å². The first-order valence-corrected chi connectivity index (χ1v) is 8.85. The Labute approximate surface area is 149 Å². The van der Waals surface area contributed by atoms with Crippen LogP contribution in [0.15, 0.2) is 65.8 Å². The molecule has 1 atom stereocenters. The lowest BCUT2D eigenvalue weighted by molar-refractivity contribution is -0.118. The molecule has 1 fully saturated rings. The second kappa shape index (κ2) is 5.93. The van der Waals surface area contributed by atoms with Crippen molar-refractivity contribution in [2.24, 2.45) is 5.10 Å². The summed E-state index contributed by atoms with van der Waals surface area (Å²) in [6, 6.07) is 19.0. The van der Waals surface area contributed by atoms with E-state index in [0.29, 0.717) is 11.6 Å². The van der Waals surface area contributed by atoms with Crippen molar-refractivity contribution < 1.29 is 9.59 Å². The maximum absolute atomic E-state index is 12.3. The van der Waals surface area contributed by atoms with Crippen molar-refractivity contribution >= 4 is 40.7 Å². The van der Waals surface area contributed by atoms with Crippen LogP contribution in [0.25, 0.3) is 0 Å². The molecule has 4 rings (SSSR count). The summed E-state index contributed by atoms with van der Waals surface area (Å²) in [6.07, 6.45) is 0. The Bertz CT molecular complexity index is 856. The van der Waals surface area contributed by atoms with Gasteiger partial charge >= 0.3 is 0 Å². The summed E-state index contributed by atoms with van der Waals surface area (Å²) in [7, 11) is 0. The molecule has 25 heavy (non-hydrogen) atoms. The van der Waals surface area contributed by atoms with Crippen molar-refractivity contribution in [1.29, 1.82) is 0 Å².